The van der Waals surface area contributed by atoms with Gasteiger partial charge in [0, 0.05) is 4.47 Å². The molecule has 3 nitrogen and oxygen atoms in total. The first-order valence-electron chi connectivity index (χ1n) is 5.93. The van der Waals surface area contributed by atoms with E-state index in [0.29, 0.717) is 16.2 Å². The van der Waals surface area contributed by atoms with Gasteiger partial charge in [-0.15, -0.1) is 11.3 Å². The summed E-state index contributed by atoms with van der Waals surface area (Å²) in [6.45, 7) is 3.73. The summed E-state index contributed by atoms with van der Waals surface area (Å²) in [5, 5.41) is 10.8. The highest BCUT2D eigenvalue weighted by Crippen LogP contribution is 2.26. The molecule has 0 atom stereocenters. The number of thiophene rings is 1. The van der Waals surface area contributed by atoms with Crippen molar-refractivity contribution in [3.05, 3.63) is 49.6 Å². The Kier molecular flexibility index (Phi) is 4.58. The molecule has 102 valence electrons. The van der Waals surface area contributed by atoms with E-state index >= 15 is 0 Å². The summed E-state index contributed by atoms with van der Waals surface area (Å²) in [5.74, 6) is 0.611. The predicted octanol–water partition coefficient (Wildman–Crippen LogP) is 4.26. The number of ketones is 1. The number of nitriles is 1. The summed E-state index contributed by atoms with van der Waals surface area (Å²) in [4.78, 5) is 12.7. The van der Waals surface area contributed by atoms with Crippen molar-refractivity contribution in [3.63, 3.8) is 0 Å². The molecule has 0 saturated carbocycles. The molecule has 0 spiro atoms. The second kappa shape index (κ2) is 6.21. The second-order valence-electron chi connectivity index (χ2n) is 4.36. The molecule has 0 aliphatic heterocycles. The molecule has 0 aliphatic rings. The summed E-state index contributed by atoms with van der Waals surface area (Å²) in [6.07, 6.45) is 0. The topological polar surface area (TPSA) is 50.1 Å². The number of carbonyl (C=O) groups excluding carboxylic acids is 1. The third kappa shape index (κ3) is 3.09. The van der Waals surface area contributed by atoms with Crippen LogP contribution in [0.25, 0.3) is 0 Å². The molecule has 2 aromatic rings. The van der Waals surface area contributed by atoms with Gasteiger partial charge in [0.25, 0.3) is 0 Å². The van der Waals surface area contributed by atoms with Crippen LogP contribution in [-0.2, 0) is 0 Å². The van der Waals surface area contributed by atoms with E-state index in [0.717, 1.165) is 15.6 Å². The number of halogens is 1. The van der Waals surface area contributed by atoms with Crippen molar-refractivity contribution in [2.45, 2.75) is 13.8 Å². The normalized spacial score (nSPS) is 10.1. The SMILES string of the molecule is Cc1cc(C#N)cc(C)c1OCC(=O)c1sccc1Br. The van der Waals surface area contributed by atoms with Gasteiger partial charge in [-0.25, -0.2) is 0 Å². The molecular formula is C15H12BrNO2S. The molecule has 1 aromatic carbocycles. The number of carbonyl (C=O) groups is 1. The average molecular weight is 350 g/mol. The Morgan fingerprint density at radius 3 is 2.55 bits per heavy atom. The van der Waals surface area contributed by atoms with Gasteiger partial charge in [0.1, 0.15) is 5.75 Å². The summed E-state index contributed by atoms with van der Waals surface area (Å²) in [7, 11) is 0. The lowest BCUT2D eigenvalue weighted by atomic mass is 10.1. The molecule has 0 saturated heterocycles. The van der Waals surface area contributed by atoms with Gasteiger partial charge < -0.3 is 4.74 Å². The molecule has 2 rings (SSSR count). The Labute approximate surface area is 129 Å². The van der Waals surface area contributed by atoms with E-state index in [-0.39, 0.29) is 12.4 Å². The molecule has 1 aromatic heterocycles. The van der Waals surface area contributed by atoms with Crippen LogP contribution in [0.3, 0.4) is 0 Å². The summed E-state index contributed by atoms with van der Waals surface area (Å²) >= 11 is 4.73. The zero-order valence-electron chi connectivity index (χ0n) is 11.1. The quantitative estimate of drug-likeness (QED) is 0.774. The zero-order chi connectivity index (χ0) is 14.7. The van der Waals surface area contributed by atoms with Crippen molar-refractivity contribution in [2.75, 3.05) is 6.61 Å². The molecule has 0 fully saturated rings. The Hall–Kier alpha value is -1.64. The second-order valence-corrected chi connectivity index (χ2v) is 6.13. The number of hydrogen-bond donors (Lipinski definition) is 0. The smallest absolute Gasteiger partial charge is 0.211 e. The first-order chi connectivity index (χ1) is 9.52. The standard InChI is InChI=1S/C15H12BrNO2S/c1-9-5-11(7-17)6-10(2)14(9)19-8-13(18)15-12(16)3-4-20-15/h3-6H,8H2,1-2H3. The highest BCUT2D eigenvalue weighted by atomic mass is 79.9. The van der Waals surface area contributed by atoms with Crippen LogP contribution in [0.1, 0.15) is 26.4 Å². The fourth-order valence-corrected chi connectivity index (χ4v) is 3.46. The minimum atomic E-state index is -0.0602. The van der Waals surface area contributed by atoms with E-state index in [1.807, 2.05) is 25.3 Å². The molecular weight excluding hydrogens is 338 g/mol. The molecule has 20 heavy (non-hydrogen) atoms. The van der Waals surface area contributed by atoms with Gasteiger partial charge in [-0.1, -0.05) is 0 Å². The van der Waals surface area contributed by atoms with Gasteiger partial charge in [0.2, 0.25) is 5.78 Å². The molecule has 0 unspecified atom stereocenters. The maximum Gasteiger partial charge on any atom is 0.211 e. The van der Waals surface area contributed by atoms with Crippen molar-refractivity contribution < 1.29 is 9.53 Å². The number of benzene rings is 1. The van der Waals surface area contributed by atoms with Gasteiger partial charge >= 0.3 is 0 Å². The lowest BCUT2D eigenvalue weighted by Gasteiger charge is -2.11. The van der Waals surface area contributed by atoms with Crippen molar-refractivity contribution in [1.29, 1.82) is 5.26 Å². The van der Waals surface area contributed by atoms with Crippen LogP contribution in [0, 0.1) is 25.2 Å². The van der Waals surface area contributed by atoms with Gasteiger partial charge in [0.15, 0.2) is 6.61 Å². The number of hydrogen-bond acceptors (Lipinski definition) is 4. The fraction of sp³-hybridized carbons (Fsp3) is 0.200. The molecule has 5 heteroatoms. The number of nitrogens with zero attached hydrogens (tertiary/aromatic N) is 1. The highest BCUT2D eigenvalue weighted by Gasteiger charge is 2.14. The Bertz CT molecular complexity index is 677. The molecule has 1 heterocycles. The number of rotatable bonds is 4. The maximum absolute atomic E-state index is 12.0. The average Bonchev–Trinajstić information content (AvgIpc) is 2.83. The van der Waals surface area contributed by atoms with E-state index in [9.17, 15) is 4.79 Å². The van der Waals surface area contributed by atoms with Crippen LogP contribution in [0.5, 0.6) is 5.75 Å². The first-order valence-corrected chi connectivity index (χ1v) is 7.60. The number of Topliss-reactive ketones (excluding diaryl/α,β-unsaturated/α-hetero) is 1. The fourth-order valence-electron chi connectivity index (χ4n) is 1.94. The van der Waals surface area contributed by atoms with E-state index in [1.54, 1.807) is 12.1 Å². The number of aryl methyl sites for hydroxylation is 2. The zero-order valence-corrected chi connectivity index (χ0v) is 13.5. The summed E-state index contributed by atoms with van der Waals surface area (Å²) in [6, 6.07) is 7.46. The van der Waals surface area contributed by atoms with Crippen LogP contribution in [0.2, 0.25) is 0 Å². The lowest BCUT2D eigenvalue weighted by Crippen LogP contribution is -2.12. The van der Waals surface area contributed by atoms with E-state index in [4.69, 9.17) is 10.00 Å². The van der Waals surface area contributed by atoms with Gasteiger partial charge in [-0.05, 0) is 64.5 Å². The van der Waals surface area contributed by atoms with Crippen molar-refractivity contribution in [2.24, 2.45) is 0 Å². The molecule has 0 amide bonds. The first kappa shape index (κ1) is 14.8. The Balaban J connectivity index is 2.14. The third-order valence-electron chi connectivity index (χ3n) is 2.81. The maximum atomic E-state index is 12.0. The van der Waals surface area contributed by atoms with E-state index < -0.39 is 0 Å². The largest absolute Gasteiger partial charge is 0.485 e. The van der Waals surface area contributed by atoms with Crippen LogP contribution in [0.15, 0.2) is 28.1 Å². The van der Waals surface area contributed by atoms with Crippen molar-refractivity contribution in [1.82, 2.24) is 0 Å². The minimum absolute atomic E-state index is 0.00725. The molecule has 0 bridgehead atoms. The van der Waals surface area contributed by atoms with Crippen molar-refractivity contribution >= 4 is 33.0 Å². The lowest BCUT2D eigenvalue weighted by molar-refractivity contribution is 0.0924. The molecule has 0 radical (unpaired) electrons. The number of ether oxygens (including phenoxy) is 1. The predicted molar refractivity (Wildman–Crippen MR) is 82.5 cm³/mol. The van der Waals surface area contributed by atoms with E-state index in [1.165, 1.54) is 11.3 Å². The van der Waals surface area contributed by atoms with Crippen LogP contribution in [0.4, 0.5) is 0 Å². The van der Waals surface area contributed by atoms with Crippen LogP contribution < -0.4 is 4.74 Å². The molecule has 0 aliphatic carbocycles. The minimum Gasteiger partial charge on any atom is -0.485 e. The van der Waals surface area contributed by atoms with E-state index in [2.05, 4.69) is 22.0 Å². The van der Waals surface area contributed by atoms with Gasteiger partial charge in [-0.3, -0.25) is 4.79 Å². The highest BCUT2D eigenvalue weighted by molar-refractivity contribution is 9.10. The van der Waals surface area contributed by atoms with Gasteiger partial charge in [0.05, 0.1) is 16.5 Å². The van der Waals surface area contributed by atoms with Gasteiger partial charge in [-0.2, -0.15) is 5.26 Å². The Morgan fingerprint density at radius 2 is 2.05 bits per heavy atom. The third-order valence-corrected chi connectivity index (χ3v) is 4.69. The summed E-state index contributed by atoms with van der Waals surface area (Å²) in [5.41, 5.74) is 2.32. The monoisotopic (exact) mass is 349 g/mol. The Morgan fingerprint density at radius 1 is 1.40 bits per heavy atom. The van der Waals surface area contributed by atoms with Crippen LogP contribution in [-0.4, -0.2) is 12.4 Å². The molecule has 0 N–H and O–H groups in total. The summed E-state index contributed by atoms with van der Waals surface area (Å²) < 4.78 is 6.43. The van der Waals surface area contributed by atoms with Crippen molar-refractivity contribution in [3.8, 4) is 11.8 Å². The van der Waals surface area contributed by atoms with Crippen LogP contribution >= 0.6 is 27.3 Å².